The zero-order valence-electron chi connectivity index (χ0n) is 12.8. The van der Waals surface area contributed by atoms with Crippen LogP contribution in [0.1, 0.15) is 5.56 Å². The van der Waals surface area contributed by atoms with Crippen molar-refractivity contribution in [2.45, 2.75) is 6.42 Å². The number of carbonyl (C=O) groups excluding carboxylic acids is 1. The smallest absolute Gasteiger partial charge is 0.243 e. The van der Waals surface area contributed by atoms with Crippen molar-refractivity contribution < 1.29 is 4.79 Å². The Labute approximate surface area is 135 Å². The topological polar surface area (TPSA) is 32.3 Å². The molecule has 3 aromatic carbocycles. The molecule has 114 valence electrons. The number of anilines is 2. The summed E-state index contributed by atoms with van der Waals surface area (Å²) >= 11 is 0. The molecule has 0 spiro atoms. The number of nitrogens with one attached hydrogen (secondary N) is 1. The molecule has 0 saturated carbocycles. The molecule has 0 saturated heterocycles. The molecular formula is C20H18N2O. The molecule has 0 radical (unpaired) electrons. The van der Waals surface area contributed by atoms with Gasteiger partial charge in [0.15, 0.2) is 0 Å². The average molecular weight is 302 g/mol. The Bertz CT molecular complexity index is 867. The van der Waals surface area contributed by atoms with Crippen LogP contribution in [-0.2, 0) is 11.2 Å². The zero-order chi connectivity index (χ0) is 15.6. The van der Waals surface area contributed by atoms with Crippen molar-refractivity contribution in [1.82, 2.24) is 0 Å². The van der Waals surface area contributed by atoms with E-state index in [1.165, 1.54) is 11.3 Å². The number of carbonyl (C=O) groups is 1. The van der Waals surface area contributed by atoms with Crippen LogP contribution in [0.15, 0.2) is 66.7 Å². The summed E-state index contributed by atoms with van der Waals surface area (Å²) in [5.74, 6) is 0.0260. The maximum absolute atomic E-state index is 12.5. The van der Waals surface area contributed by atoms with Gasteiger partial charge in [0.1, 0.15) is 0 Å². The predicted molar refractivity (Wildman–Crippen MR) is 94.9 cm³/mol. The third kappa shape index (κ3) is 2.66. The minimum absolute atomic E-state index is 0.0260. The quantitative estimate of drug-likeness (QED) is 0.797. The van der Waals surface area contributed by atoms with Gasteiger partial charge in [-0.1, -0.05) is 54.6 Å². The average Bonchev–Trinajstić information content (AvgIpc) is 2.98. The van der Waals surface area contributed by atoms with Crippen LogP contribution in [0.5, 0.6) is 0 Å². The van der Waals surface area contributed by atoms with E-state index in [1.54, 1.807) is 0 Å². The van der Waals surface area contributed by atoms with E-state index in [4.69, 9.17) is 0 Å². The Morgan fingerprint density at radius 1 is 0.957 bits per heavy atom. The molecule has 0 fully saturated rings. The van der Waals surface area contributed by atoms with Crippen molar-refractivity contribution in [3.8, 4) is 0 Å². The van der Waals surface area contributed by atoms with Gasteiger partial charge in [-0.25, -0.2) is 0 Å². The van der Waals surface area contributed by atoms with Crippen molar-refractivity contribution in [3.63, 3.8) is 0 Å². The highest BCUT2D eigenvalue weighted by Gasteiger charge is 2.20. The first-order valence-electron chi connectivity index (χ1n) is 7.92. The van der Waals surface area contributed by atoms with Gasteiger partial charge in [-0.15, -0.1) is 0 Å². The summed E-state index contributed by atoms with van der Waals surface area (Å²) in [5, 5.41) is 5.27. The molecule has 1 aliphatic heterocycles. The molecule has 0 bridgehead atoms. The van der Waals surface area contributed by atoms with Gasteiger partial charge in [0, 0.05) is 23.3 Å². The van der Waals surface area contributed by atoms with Gasteiger partial charge in [0.2, 0.25) is 5.91 Å². The highest BCUT2D eigenvalue weighted by Crippen LogP contribution is 2.27. The molecule has 1 heterocycles. The molecule has 1 amide bonds. The molecule has 23 heavy (non-hydrogen) atoms. The van der Waals surface area contributed by atoms with E-state index in [1.807, 2.05) is 36.4 Å². The molecule has 3 heteroatoms. The Balaban J connectivity index is 1.52. The minimum Gasteiger partial charge on any atom is -0.362 e. The summed E-state index contributed by atoms with van der Waals surface area (Å²) < 4.78 is 0. The Kier molecular flexibility index (Phi) is 3.46. The van der Waals surface area contributed by atoms with Crippen LogP contribution >= 0.6 is 0 Å². The van der Waals surface area contributed by atoms with Crippen LogP contribution in [0, 0.1) is 0 Å². The third-order valence-electron chi connectivity index (χ3n) is 4.38. The number of nitrogens with zero attached hydrogens (tertiary/aromatic N) is 1. The summed E-state index contributed by atoms with van der Waals surface area (Å²) in [4.78, 5) is 14.6. The Hall–Kier alpha value is -2.81. The predicted octanol–water partition coefficient (Wildman–Crippen LogP) is 3.84. The molecule has 3 aromatic rings. The van der Waals surface area contributed by atoms with Crippen LogP contribution in [-0.4, -0.2) is 19.0 Å². The van der Waals surface area contributed by atoms with Crippen molar-refractivity contribution in [2.24, 2.45) is 0 Å². The van der Waals surface area contributed by atoms with E-state index in [2.05, 4.69) is 40.5 Å². The maximum Gasteiger partial charge on any atom is 0.243 e. The summed E-state index contributed by atoms with van der Waals surface area (Å²) in [6.07, 6.45) is 1.01. The number of hydrogen-bond donors (Lipinski definition) is 1. The second kappa shape index (κ2) is 5.76. The highest BCUT2D eigenvalue weighted by atomic mass is 16.2. The number of benzene rings is 3. The van der Waals surface area contributed by atoms with E-state index in [9.17, 15) is 4.79 Å². The van der Waals surface area contributed by atoms with Crippen LogP contribution in [0.2, 0.25) is 0 Å². The van der Waals surface area contributed by atoms with Crippen molar-refractivity contribution in [1.29, 1.82) is 0 Å². The van der Waals surface area contributed by atoms with Gasteiger partial charge in [0.05, 0.1) is 6.54 Å². The molecule has 0 atom stereocenters. The normalized spacial score (nSPS) is 13.1. The largest absolute Gasteiger partial charge is 0.362 e. The van der Waals surface area contributed by atoms with E-state index < -0.39 is 0 Å². The second-order valence-electron chi connectivity index (χ2n) is 5.88. The molecule has 4 rings (SSSR count). The monoisotopic (exact) mass is 302 g/mol. The number of para-hydroxylation sites is 1. The van der Waals surface area contributed by atoms with Crippen molar-refractivity contribution in [3.05, 3.63) is 72.3 Å². The van der Waals surface area contributed by atoms with Crippen molar-refractivity contribution >= 4 is 28.1 Å². The van der Waals surface area contributed by atoms with Crippen LogP contribution in [0.4, 0.5) is 11.4 Å². The maximum atomic E-state index is 12.5. The summed E-state index contributed by atoms with van der Waals surface area (Å²) in [7, 11) is 0. The first-order valence-corrected chi connectivity index (χ1v) is 7.92. The van der Waals surface area contributed by atoms with Crippen LogP contribution in [0.25, 0.3) is 10.8 Å². The molecule has 1 N–H and O–H groups in total. The van der Waals surface area contributed by atoms with Crippen LogP contribution in [0.3, 0.4) is 0 Å². The second-order valence-corrected chi connectivity index (χ2v) is 5.88. The van der Waals surface area contributed by atoms with E-state index in [-0.39, 0.29) is 5.91 Å². The molecule has 0 unspecified atom stereocenters. The lowest BCUT2D eigenvalue weighted by Gasteiger charge is -2.19. The van der Waals surface area contributed by atoms with Gasteiger partial charge >= 0.3 is 0 Å². The van der Waals surface area contributed by atoms with E-state index in [0.29, 0.717) is 6.54 Å². The highest BCUT2D eigenvalue weighted by molar-refractivity contribution is 6.03. The SMILES string of the molecule is O=C(CN1CCc2ccccc21)Nc1cccc2ccccc12. The fraction of sp³-hybridized carbons (Fsp3) is 0.150. The zero-order valence-corrected chi connectivity index (χ0v) is 12.8. The van der Waals surface area contributed by atoms with Gasteiger partial charge in [-0.2, -0.15) is 0 Å². The van der Waals surface area contributed by atoms with Gasteiger partial charge in [-0.3, -0.25) is 4.79 Å². The molecule has 0 aliphatic carbocycles. The fourth-order valence-electron chi connectivity index (χ4n) is 3.27. The Morgan fingerprint density at radius 2 is 1.74 bits per heavy atom. The number of amides is 1. The van der Waals surface area contributed by atoms with Gasteiger partial charge < -0.3 is 10.2 Å². The summed E-state index contributed by atoms with van der Waals surface area (Å²) in [6, 6.07) is 22.4. The van der Waals surface area contributed by atoms with E-state index in [0.717, 1.165) is 29.4 Å². The van der Waals surface area contributed by atoms with Crippen molar-refractivity contribution in [2.75, 3.05) is 23.3 Å². The molecular weight excluding hydrogens is 284 g/mol. The number of rotatable bonds is 3. The minimum atomic E-state index is 0.0260. The molecule has 1 aliphatic rings. The number of fused-ring (bicyclic) bond motifs is 2. The molecule has 0 aromatic heterocycles. The van der Waals surface area contributed by atoms with Gasteiger partial charge in [-0.05, 0) is 29.5 Å². The summed E-state index contributed by atoms with van der Waals surface area (Å²) in [5.41, 5.74) is 3.38. The number of hydrogen-bond acceptors (Lipinski definition) is 2. The lowest BCUT2D eigenvalue weighted by atomic mass is 10.1. The van der Waals surface area contributed by atoms with E-state index >= 15 is 0 Å². The van der Waals surface area contributed by atoms with Gasteiger partial charge in [0.25, 0.3) is 0 Å². The Morgan fingerprint density at radius 3 is 2.70 bits per heavy atom. The summed E-state index contributed by atoms with van der Waals surface area (Å²) in [6.45, 7) is 1.29. The fourth-order valence-corrected chi connectivity index (χ4v) is 3.27. The lowest BCUT2D eigenvalue weighted by Crippen LogP contribution is -2.31. The third-order valence-corrected chi connectivity index (χ3v) is 4.38. The molecule has 3 nitrogen and oxygen atoms in total. The first-order chi connectivity index (χ1) is 11.3. The standard InChI is InChI=1S/C20H18N2O/c23-20(14-22-13-12-16-7-2-4-11-19(16)22)21-18-10-5-8-15-6-1-3-9-17(15)18/h1-11H,12-14H2,(H,21,23). The van der Waals surface area contributed by atoms with Crippen LogP contribution < -0.4 is 10.2 Å². The first kappa shape index (κ1) is 13.8. The lowest BCUT2D eigenvalue weighted by molar-refractivity contribution is -0.114.